The molecule has 0 amide bonds. The van der Waals surface area contributed by atoms with Gasteiger partial charge in [-0.25, -0.2) is 4.98 Å². The molecule has 0 bridgehead atoms. The molecular weight excluding hydrogens is 214 g/mol. The summed E-state index contributed by atoms with van der Waals surface area (Å²) in [5.74, 6) is 1.03. The first-order valence-corrected chi connectivity index (χ1v) is 6.18. The fourth-order valence-electron chi connectivity index (χ4n) is 2.51. The Bertz CT molecular complexity index is 514. The summed E-state index contributed by atoms with van der Waals surface area (Å²) in [5.41, 5.74) is 2.04. The minimum atomic E-state index is 0.281. The molecule has 3 rings (SSSR count). The lowest BCUT2D eigenvalue weighted by atomic mass is 9.93. The van der Waals surface area contributed by atoms with Crippen molar-refractivity contribution in [2.24, 2.45) is 5.92 Å². The molecule has 2 aromatic heterocycles. The van der Waals surface area contributed by atoms with Crippen LogP contribution in [-0.4, -0.2) is 27.6 Å². The van der Waals surface area contributed by atoms with Gasteiger partial charge in [0.25, 0.3) is 0 Å². The highest BCUT2D eigenvalue weighted by Crippen LogP contribution is 2.19. The SMILES string of the molecule is Oc1ccc2nc(CC3CCNCC3)cn2c1. The summed E-state index contributed by atoms with van der Waals surface area (Å²) in [5, 5.41) is 12.8. The molecule has 17 heavy (non-hydrogen) atoms. The van der Waals surface area contributed by atoms with E-state index in [4.69, 9.17) is 0 Å². The van der Waals surface area contributed by atoms with Gasteiger partial charge < -0.3 is 14.8 Å². The van der Waals surface area contributed by atoms with E-state index < -0.39 is 0 Å². The van der Waals surface area contributed by atoms with Crippen molar-refractivity contribution in [2.45, 2.75) is 19.3 Å². The van der Waals surface area contributed by atoms with Crippen LogP contribution in [0.1, 0.15) is 18.5 Å². The Morgan fingerprint density at radius 3 is 2.94 bits per heavy atom. The minimum Gasteiger partial charge on any atom is -0.506 e. The second-order valence-corrected chi connectivity index (χ2v) is 4.78. The van der Waals surface area contributed by atoms with Gasteiger partial charge >= 0.3 is 0 Å². The van der Waals surface area contributed by atoms with E-state index in [2.05, 4.69) is 10.3 Å². The van der Waals surface area contributed by atoms with E-state index in [1.807, 2.05) is 16.7 Å². The molecule has 3 heterocycles. The average Bonchev–Trinajstić information content (AvgIpc) is 2.71. The number of aromatic hydroxyl groups is 1. The number of hydrogen-bond donors (Lipinski definition) is 2. The Hall–Kier alpha value is -1.55. The molecule has 0 aromatic carbocycles. The normalized spacial score (nSPS) is 17.6. The van der Waals surface area contributed by atoms with Crippen LogP contribution in [0, 0.1) is 5.92 Å². The van der Waals surface area contributed by atoms with E-state index >= 15 is 0 Å². The van der Waals surface area contributed by atoms with Crippen molar-refractivity contribution in [3.63, 3.8) is 0 Å². The Kier molecular flexibility index (Phi) is 2.73. The molecular formula is C13H17N3O. The third-order valence-corrected chi connectivity index (χ3v) is 3.44. The molecule has 0 aliphatic carbocycles. The zero-order chi connectivity index (χ0) is 11.7. The molecule has 0 atom stereocenters. The highest BCUT2D eigenvalue weighted by Gasteiger charge is 2.15. The van der Waals surface area contributed by atoms with Gasteiger partial charge in [-0.05, 0) is 50.4 Å². The monoisotopic (exact) mass is 231 g/mol. The summed E-state index contributed by atoms with van der Waals surface area (Å²) < 4.78 is 1.89. The summed E-state index contributed by atoms with van der Waals surface area (Å²) in [6, 6.07) is 3.53. The number of hydrogen-bond acceptors (Lipinski definition) is 3. The van der Waals surface area contributed by atoms with Gasteiger partial charge in [0.2, 0.25) is 0 Å². The molecule has 1 fully saturated rings. The number of nitrogens with one attached hydrogen (secondary N) is 1. The van der Waals surface area contributed by atoms with Crippen molar-refractivity contribution in [1.29, 1.82) is 0 Å². The molecule has 2 N–H and O–H groups in total. The molecule has 0 unspecified atom stereocenters. The fraction of sp³-hybridized carbons (Fsp3) is 0.462. The van der Waals surface area contributed by atoms with Gasteiger partial charge in [0.1, 0.15) is 11.4 Å². The number of pyridine rings is 1. The Morgan fingerprint density at radius 1 is 1.29 bits per heavy atom. The van der Waals surface area contributed by atoms with Crippen molar-refractivity contribution in [2.75, 3.05) is 13.1 Å². The Morgan fingerprint density at radius 2 is 2.12 bits per heavy atom. The number of piperidine rings is 1. The maximum atomic E-state index is 9.40. The maximum Gasteiger partial charge on any atom is 0.137 e. The van der Waals surface area contributed by atoms with Crippen LogP contribution >= 0.6 is 0 Å². The second kappa shape index (κ2) is 4.37. The molecule has 0 spiro atoms. The lowest BCUT2D eigenvalue weighted by Gasteiger charge is -2.21. The number of aromatic nitrogens is 2. The number of fused-ring (bicyclic) bond motifs is 1. The molecule has 4 nitrogen and oxygen atoms in total. The highest BCUT2D eigenvalue weighted by atomic mass is 16.3. The van der Waals surface area contributed by atoms with E-state index in [1.54, 1.807) is 12.3 Å². The molecule has 1 aliphatic heterocycles. The summed E-state index contributed by atoms with van der Waals surface area (Å²) >= 11 is 0. The third-order valence-electron chi connectivity index (χ3n) is 3.44. The van der Waals surface area contributed by atoms with Gasteiger partial charge in [-0.1, -0.05) is 0 Å². The van der Waals surface area contributed by atoms with Crippen LogP contribution in [0.25, 0.3) is 5.65 Å². The predicted octanol–water partition coefficient (Wildman–Crippen LogP) is 1.58. The number of rotatable bonds is 2. The third kappa shape index (κ3) is 2.26. The van der Waals surface area contributed by atoms with E-state index in [0.717, 1.165) is 36.8 Å². The Balaban J connectivity index is 1.80. The fourth-order valence-corrected chi connectivity index (χ4v) is 2.51. The first-order chi connectivity index (χ1) is 8.31. The molecule has 90 valence electrons. The van der Waals surface area contributed by atoms with Crippen LogP contribution in [0.2, 0.25) is 0 Å². The van der Waals surface area contributed by atoms with Crippen molar-refractivity contribution in [3.05, 3.63) is 30.2 Å². The average molecular weight is 231 g/mol. The zero-order valence-electron chi connectivity index (χ0n) is 9.76. The highest BCUT2D eigenvalue weighted by molar-refractivity contribution is 5.42. The maximum absolute atomic E-state index is 9.40. The quantitative estimate of drug-likeness (QED) is 0.825. The molecule has 4 heteroatoms. The van der Waals surface area contributed by atoms with Gasteiger partial charge in [-0.2, -0.15) is 0 Å². The van der Waals surface area contributed by atoms with Crippen LogP contribution in [0.3, 0.4) is 0 Å². The first kappa shape index (κ1) is 10.6. The summed E-state index contributed by atoms with van der Waals surface area (Å²) in [6.07, 6.45) is 7.24. The van der Waals surface area contributed by atoms with Crippen LogP contribution in [0.5, 0.6) is 5.75 Å². The van der Waals surface area contributed by atoms with E-state index in [1.165, 1.54) is 12.8 Å². The topological polar surface area (TPSA) is 49.6 Å². The standard InChI is InChI=1S/C13H17N3O/c17-12-1-2-13-15-11(8-16(13)9-12)7-10-3-5-14-6-4-10/h1-2,8-10,14,17H,3-7H2. The summed E-state index contributed by atoms with van der Waals surface area (Å²) in [7, 11) is 0. The lowest BCUT2D eigenvalue weighted by Crippen LogP contribution is -2.28. The van der Waals surface area contributed by atoms with Crippen LogP contribution in [0.15, 0.2) is 24.5 Å². The van der Waals surface area contributed by atoms with Crippen LogP contribution in [-0.2, 0) is 6.42 Å². The van der Waals surface area contributed by atoms with Gasteiger partial charge in [-0.15, -0.1) is 0 Å². The van der Waals surface area contributed by atoms with Crippen LogP contribution in [0.4, 0.5) is 0 Å². The largest absolute Gasteiger partial charge is 0.506 e. The number of imidazole rings is 1. The van der Waals surface area contributed by atoms with Gasteiger partial charge in [0.15, 0.2) is 0 Å². The molecule has 1 aliphatic rings. The van der Waals surface area contributed by atoms with E-state index in [9.17, 15) is 5.11 Å². The van der Waals surface area contributed by atoms with Crippen molar-refractivity contribution in [3.8, 4) is 5.75 Å². The Labute approximate surface area is 100 Å². The minimum absolute atomic E-state index is 0.281. The predicted molar refractivity (Wildman–Crippen MR) is 66.2 cm³/mol. The van der Waals surface area contributed by atoms with Crippen molar-refractivity contribution in [1.82, 2.24) is 14.7 Å². The van der Waals surface area contributed by atoms with Crippen molar-refractivity contribution >= 4 is 5.65 Å². The van der Waals surface area contributed by atoms with Gasteiger partial charge in [0.05, 0.1) is 11.9 Å². The molecule has 2 aromatic rings. The molecule has 0 saturated carbocycles. The molecule has 1 saturated heterocycles. The van der Waals surface area contributed by atoms with E-state index in [-0.39, 0.29) is 5.75 Å². The first-order valence-electron chi connectivity index (χ1n) is 6.18. The molecule has 0 radical (unpaired) electrons. The van der Waals surface area contributed by atoms with E-state index in [0.29, 0.717) is 0 Å². The van der Waals surface area contributed by atoms with Gasteiger partial charge in [-0.3, -0.25) is 0 Å². The van der Waals surface area contributed by atoms with Gasteiger partial charge in [0, 0.05) is 6.20 Å². The smallest absolute Gasteiger partial charge is 0.137 e. The van der Waals surface area contributed by atoms with Crippen molar-refractivity contribution < 1.29 is 5.11 Å². The zero-order valence-corrected chi connectivity index (χ0v) is 9.76. The summed E-state index contributed by atoms with van der Waals surface area (Å²) in [6.45, 7) is 2.25. The van der Waals surface area contributed by atoms with Crippen LogP contribution < -0.4 is 5.32 Å². The second-order valence-electron chi connectivity index (χ2n) is 4.78. The lowest BCUT2D eigenvalue weighted by molar-refractivity contribution is 0.370. The number of nitrogens with zero attached hydrogens (tertiary/aromatic N) is 2. The summed E-state index contributed by atoms with van der Waals surface area (Å²) in [4.78, 5) is 4.58.